The van der Waals surface area contributed by atoms with Crippen LogP contribution in [0.3, 0.4) is 0 Å². The Hall–Kier alpha value is -3.64. The van der Waals surface area contributed by atoms with E-state index in [0.717, 1.165) is 47.3 Å². The number of carbonyl (C=O) groups is 3. The zero-order chi connectivity index (χ0) is 28.8. The summed E-state index contributed by atoms with van der Waals surface area (Å²) in [4.78, 5) is 57.6. The SMILES string of the molecule is COc1ccc([C@H]2c3sc(=O)n(CC(=O)N4CCCCC4)c3SC3C(=O)N(c4ccc(F)cc4)C(=O)C32)cc1OC. The van der Waals surface area contributed by atoms with Crippen molar-refractivity contribution in [1.29, 1.82) is 0 Å². The van der Waals surface area contributed by atoms with Crippen LogP contribution in [0, 0.1) is 11.7 Å². The average molecular weight is 598 g/mol. The zero-order valence-electron chi connectivity index (χ0n) is 22.5. The van der Waals surface area contributed by atoms with Crippen LogP contribution in [-0.2, 0) is 20.9 Å². The van der Waals surface area contributed by atoms with E-state index < -0.39 is 34.7 Å². The van der Waals surface area contributed by atoms with Gasteiger partial charge in [-0.05, 0) is 61.2 Å². The quantitative estimate of drug-likeness (QED) is 0.398. The van der Waals surface area contributed by atoms with Gasteiger partial charge in [-0.1, -0.05) is 29.2 Å². The molecule has 41 heavy (non-hydrogen) atoms. The standard InChI is InChI=1S/C29H28FN3O6S2/c1-38-19-11-6-16(14-20(19)39-2)22-23-24(27(36)33(26(23)35)18-9-7-17(30)8-10-18)40-28-25(22)41-29(37)32(28)15-21(34)31-12-4-3-5-13-31/h6-11,14,22-24H,3-5,12-13,15H2,1-2H3/t22-,23?,24?/m1/s1. The molecule has 6 rings (SSSR count). The van der Waals surface area contributed by atoms with Crippen molar-refractivity contribution in [2.24, 2.45) is 5.92 Å². The van der Waals surface area contributed by atoms with Crippen molar-refractivity contribution in [2.75, 3.05) is 32.2 Å². The molecule has 3 aliphatic rings. The summed E-state index contributed by atoms with van der Waals surface area (Å²) in [5.74, 6) is -2.03. The minimum atomic E-state index is -0.844. The number of halogens is 1. The van der Waals surface area contributed by atoms with Crippen LogP contribution in [0.5, 0.6) is 11.5 Å². The Kier molecular flexibility index (Phi) is 7.37. The number of nitrogens with zero attached hydrogens (tertiary/aromatic N) is 3. The molecule has 0 bridgehead atoms. The second-order valence-electron chi connectivity index (χ2n) is 10.2. The van der Waals surface area contributed by atoms with Crippen LogP contribution < -0.4 is 19.2 Å². The maximum Gasteiger partial charge on any atom is 0.308 e. The molecular weight excluding hydrogens is 569 g/mol. The van der Waals surface area contributed by atoms with Crippen LogP contribution in [-0.4, -0.2) is 59.7 Å². The van der Waals surface area contributed by atoms with E-state index in [2.05, 4.69) is 0 Å². The Morgan fingerprint density at radius 2 is 1.66 bits per heavy atom. The van der Waals surface area contributed by atoms with Crippen LogP contribution >= 0.6 is 23.1 Å². The highest BCUT2D eigenvalue weighted by atomic mass is 32.2. The number of likely N-dealkylation sites (tertiary alicyclic amines) is 1. The molecule has 9 nitrogen and oxygen atoms in total. The summed E-state index contributed by atoms with van der Waals surface area (Å²) in [7, 11) is 3.03. The van der Waals surface area contributed by atoms with Gasteiger partial charge in [0.25, 0.3) is 0 Å². The number of aromatic nitrogens is 1. The molecule has 3 aromatic rings. The third-order valence-corrected chi connectivity index (χ3v) is 10.5. The number of rotatable bonds is 6. The van der Waals surface area contributed by atoms with Crippen LogP contribution in [0.15, 0.2) is 52.3 Å². The van der Waals surface area contributed by atoms with Gasteiger partial charge < -0.3 is 14.4 Å². The number of carbonyl (C=O) groups excluding carboxylic acids is 3. The molecule has 3 amide bonds. The lowest BCUT2D eigenvalue weighted by Gasteiger charge is -2.31. The lowest BCUT2D eigenvalue weighted by atomic mass is 9.83. The van der Waals surface area contributed by atoms with Gasteiger partial charge in [-0.25, -0.2) is 9.29 Å². The molecule has 2 aromatic carbocycles. The molecule has 0 radical (unpaired) electrons. The minimum Gasteiger partial charge on any atom is -0.493 e. The van der Waals surface area contributed by atoms with Gasteiger partial charge in [0, 0.05) is 23.9 Å². The first-order valence-electron chi connectivity index (χ1n) is 13.4. The summed E-state index contributed by atoms with van der Waals surface area (Å²) in [5, 5.41) is -0.322. The number of ether oxygens (including phenoxy) is 2. The molecular formula is C29H28FN3O6S2. The lowest BCUT2D eigenvalue weighted by molar-refractivity contribution is -0.133. The van der Waals surface area contributed by atoms with Crippen LogP contribution in [0.25, 0.3) is 0 Å². The summed E-state index contributed by atoms with van der Waals surface area (Å²) in [6.07, 6.45) is 2.93. The van der Waals surface area contributed by atoms with Crippen molar-refractivity contribution >= 4 is 46.5 Å². The van der Waals surface area contributed by atoms with Crippen molar-refractivity contribution < 1.29 is 28.2 Å². The van der Waals surface area contributed by atoms with Gasteiger partial charge in [0.05, 0.1) is 30.9 Å². The summed E-state index contributed by atoms with van der Waals surface area (Å²) in [5.41, 5.74) is 0.959. The molecule has 2 saturated heterocycles. The van der Waals surface area contributed by atoms with Gasteiger partial charge in [0.2, 0.25) is 17.7 Å². The molecule has 2 unspecified atom stereocenters. The number of methoxy groups -OCH3 is 2. The molecule has 0 spiro atoms. The molecule has 0 N–H and O–H groups in total. The highest BCUT2D eigenvalue weighted by Crippen LogP contribution is 2.54. The fraction of sp³-hybridized carbons (Fsp3) is 0.379. The van der Waals surface area contributed by atoms with E-state index in [-0.39, 0.29) is 23.0 Å². The van der Waals surface area contributed by atoms with E-state index in [0.29, 0.717) is 40.1 Å². The number of piperidine rings is 1. The number of benzene rings is 2. The second-order valence-corrected chi connectivity index (χ2v) is 12.3. The van der Waals surface area contributed by atoms with E-state index in [1.54, 1.807) is 23.1 Å². The van der Waals surface area contributed by atoms with Gasteiger partial charge >= 0.3 is 4.87 Å². The second kappa shape index (κ2) is 11.0. The Labute approximate surface area is 243 Å². The number of hydrogen-bond donors (Lipinski definition) is 0. The van der Waals surface area contributed by atoms with E-state index in [1.807, 2.05) is 0 Å². The maximum absolute atomic E-state index is 14.0. The maximum atomic E-state index is 14.0. The zero-order valence-corrected chi connectivity index (χ0v) is 24.1. The predicted molar refractivity (Wildman–Crippen MR) is 152 cm³/mol. The number of amides is 3. The number of imide groups is 1. The molecule has 0 aliphatic carbocycles. The van der Waals surface area contributed by atoms with Crippen molar-refractivity contribution in [1.82, 2.24) is 9.47 Å². The minimum absolute atomic E-state index is 0.127. The first-order valence-corrected chi connectivity index (χ1v) is 15.0. The molecule has 214 valence electrons. The van der Waals surface area contributed by atoms with Crippen molar-refractivity contribution in [3.63, 3.8) is 0 Å². The van der Waals surface area contributed by atoms with E-state index in [9.17, 15) is 23.6 Å². The van der Waals surface area contributed by atoms with Gasteiger partial charge in [0.1, 0.15) is 17.6 Å². The van der Waals surface area contributed by atoms with Gasteiger partial charge in [-0.3, -0.25) is 23.7 Å². The molecule has 3 aliphatic heterocycles. The number of fused-ring (bicyclic) bond motifs is 2. The number of thiazole rings is 1. The summed E-state index contributed by atoms with van der Waals surface area (Å²) >= 11 is 2.15. The predicted octanol–water partition coefficient (Wildman–Crippen LogP) is 3.87. The van der Waals surface area contributed by atoms with Gasteiger partial charge in [-0.15, -0.1) is 0 Å². The smallest absolute Gasteiger partial charge is 0.308 e. The fourth-order valence-electron chi connectivity index (χ4n) is 5.88. The molecule has 0 saturated carbocycles. The van der Waals surface area contributed by atoms with E-state index in [1.165, 1.54) is 43.1 Å². The van der Waals surface area contributed by atoms with Crippen LogP contribution in [0.4, 0.5) is 10.1 Å². The van der Waals surface area contributed by atoms with Crippen molar-refractivity contribution in [2.45, 2.75) is 42.0 Å². The Balaban J connectivity index is 1.46. The highest BCUT2D eigenvalue weighted by molar-refractivity contribution is 8.00. The summed E-state index contributed by atoms with van der Waals surface area (Å²) in [6.45, 7) is 1.19. The number of anilines is 1. The first kappa shape index (κ1) is 27.5. The largest absolute Gasteiger partial charge is 0.493 e. The Morgan fingerprint density at radius 3 is 2.34 bits per heavy atom. The monoisotopic (exact) mass is 597 g/mol. The molecule has 4 heterocycles. The average Bonchev–Trinajstić information content (AvgIpc) is 3.43. The Morgan fingerprint density at radius 1 is 0.951 bits per heavy atom. The normalized spacial score (nSPS) is 22.0. The van der Waals surface area contributed by atoms with Gasteiger partial charge in [-0.2, -0.15) is 0 Å². The molecule has 2 fully saturated rings. The van der Waals surface area contributed by atoms with Crippen LogP contribution in [0.2, 0.25) is 0 Å². The summed E-state index contributed by atoms with van der Waals surface area (Å²) in [6, 6.07) is 10.5. The van der Waals surface area contributed by atoms with E-state index in [4.69, 9.17) is 9.47 Å². The molecule has 3 atom stereocenters. The van der Waals surface area contributed by atoms with Gasteiger partial charge in [0.15, 0.2) is 11.5 Å². The van der Waals surface area contributed by atoms with Crippen molar-refractivity contribution in [3.8, 4) is 11.5 Å². The topological polar surface area (TPSA) is 98.1 Å². The Bertz CT molecular complexity index is 1580. The first-order chi connectivity index (χ1) is 19.8. The highest BCUT2D eigenvalue weighted by Gasteiger charge is 2.57. The molecule has 12 heteroatoms. The van der Waals surface area contributed by atoms with E-state index >= 15 is 0 Å². The third-order valence-electron chi connectivity index (χ3n) is 7.90. The number of hydrogen-bond acceptors (Lipinski definition) is 8. The van der Waals surface area contributed by atoms with Crippen molar-refractivity contribution in [3.05, 3.63) is 68.4 Å². The third kappa shape index (κ3) is 4.72. The van der Waals surface area contributed by atoms with Crippen LogP contribution in [0.1, 0.15) is 35.6 Å². The lowest BCUT2D eigenvalue weighted by Crippen LogP contribution is -2.39. The molecule has 1 aromatic heterocycles. The fourth-order valence-corrected chi connectivity index (χ4v) is 8.66. The summed E-state index contributed by atoms with van der Waals surface area (Å²) < 4.78 is 26.0. The number of thioether (sulfide) groups is 1.